The summed E-state index contributed by atoms with van der Waals surface area (Å²) in [5, 5.41) is 2.58. The standard InChI is InChI=1S/C21H20F3N3O3/c1-2-19(28)27-13-11-26(12-14-27)16-9-7-15(8-10-16)25-20(29)17-5-3-4-6-18(17)30-21(22,23)24/h2-10H,1,11-14H2,(H,25,29). The quantitative estimate of drug-likeness (QED) is 0.752. The third kappa shape index (κ3) is 5.31. The maximum Gasteiger partial charge on any atom is 0.573 e. The number of para-hydroxylation sites is 1. The zero-order valence-electron chi connectivity index (χ0n) is 16.0. The molecule has 6 nitrogen and oxygen atoms in total. The molecule has 0 radical (unpaired) electrons. The van der Waals surface area contributed by atoms with Crippen molar-refractivity contribution < 1.29 is 27.5 Å². The van der Waals surface area contributed by atoms with E-state index < -0.39 is 18.0 Å². The summed E-state index contributed by atoms with van der Waals surface area (Å²) in [4.78, 5) is 27.9. The van der Waals surface area contributed by atoms with E-state index in [-0.39, 0.29) is 11.5 Å². The Hall–Kier alpha value is -3.49. The Morgan fingerprint density at radius 1 is 1.00 bits per heavy atom. The van der Waals surface area contributed by atoms with Gasteiger partial charge in [0.1, 0.15) is 5.75 Å². The molecule has 3 rings (SSSR count). The monoisotopic (exact) mass is 419 g/mol. The van der Waals surface area contributed by atoms with Crippen LogP contribution in [0, 0.1) is 0 Å². The smallest absolute Gasteiger partial charge is 0.405 e. The maximum absolute atomic E-state index is 12.5. The number of nitrogens with zero attached hydrogens (tertiary/aromatic N) is 2. The number of ether oxygens (including phenoxy) is 1. The van der Waals surface area contributed by atoms with Crippen molar-refractivity contribution in [2.75, 3.05) is 36.4 Å². The summed E-state index contributed by atoms with van der Waals surface area (Å²) in [6.07, 6.45) is -3.59. The first-order valence-corrected chi connectivity index (χ1v) is 9.19. The molecule has 2 aromatic rings. The fourth-order valence-corrected chi connectivity index (χ4v) is 3.14. The lowest BCUT2D eigenvalue weighted by molar-refractivity contribution is -0.274. The van der Waals surface area contributed by atoms with Crippen LogP contribution in [0.1, 0.15) is 10.4 Å². The number of amides is 2. The van der Waals surface area contributed by atoms with Gasteiger partial charge in [-0.25, -0.2) is 0 Å². The molecule has 1 N–H and O–H groups in total. The van der Waals surface area contributed by atoms with Crippen LogP contribution < -0.4 is 15.0 Å². The second kappa shape index (κ2) is 8.89. The van der Waals surface area contributed by atoms with E-state index in [0.29, 0.717) is 31.9 Å². The van der Waals surface area contributed by atoms with Crippen LogP contribution in [0.15, 0.2) is 61.2 Å². The van der Waals surface area contributed by atoms with Crippen molar-refractivity contribution in [3.63, 3.8) is 0 Å². The number of nitrogens with one attached hydrogen (secondary N) is 1. The van der Waals surface area contributed by atoms with Crippen LogP contribution >= 0.6 is 0 Å². The minimum atomic E-state index is -4.89. The van der Waals surface area contributed by atoms with Crippen molar-refractivity contribution in [3.8, 4) is 5.75 Å². The number of hydrogen-bond donors (Lipinski definition) is 1. The molecule has 0 unspecified atom stereocenters. The molecule has 2 amide bonds. The van der Waals surface area contributed by atoms with Gasteiger partial charge in [-0.05, 0) is 42.5 Å². The molecule has 158 valence electrons. The lowest BCUT2D eigenvalue weighted by atomic mass is 10.1. The first-order valence-electron chi connectivity index (χ1n) is 9.19. The second-order valence-electron chi connectivity index (χ2n) is 6.56. The highest BCUT2D eigenvalue weighted by atomic mass is 19.4. The van der Waals surface area contributed by atoms with Gasteiger partial charge in [-0.15, -0.1) is 13.2 Å². The van der Waals surface area contributed by atoms with Gasteiger partial charge in [-0.2, -0.15) is 0 Å². The van der Waals surface area contributed by atoms with Crippen LogP contribution in [-0.2, 0) is 4.79 Å². The Labute approximate surface area is 171 Å². The summed E-state index contributed by atoms with van der Waals surface area (Å²) >= 11 is 0. The van der Waals surface area contributed by atoms with Crippen LogP contribution in [-0.4, -0.2) is 49.3 Å². The summed E-state index contributed by atoms with van der Waals surface area (Å²) in [5.74, 6) is -1.37. The highest BCUT2D eigenvalue weighted by Gasteiger charge is 2.32. The number of hydrogen-bond acceptors (Lipinski definition) is 4. The largest absolute Gasteiger partial charge is 0.573 e. The minimum absolute atomic E-state index is 0.0949. The van der Waals surface area contributed by atoms with E-state index in [1.807, 2.05) is 0 Å². The van der Waals surface area contributed by atoms with E-state index in [1.165, 1.54) is 24.3 Å². The number of carbonyl (C=O) groups excluding carboxylic acids is 2. The minimum Gasteiger partial charge on any atom is -0.405 e. The third-order valence-electron chi connectivity index (χ3n) is 4.61. The van der Waals surface area contributed by atoms with Crippen molar-refractivity contribution in [3.05, 3.63) is 66.7 Å². The molecule has 0 atom stereocenters. The number of benzene rings is 2. The first-order chi connectivity index (χ1) is 14.3. The van der Waals surface area contributed by atoms with Gasteiger partial charge in [0, 0.05) is 37.6 Å². The molecule has 1 aliphatic rings. The van der Waals surface area contributed by atoms with E-state index in [9.17, 15) is 22.8 Å². The zero-order chi connectivity index (χ0) is 21.7. The van der Waals surface area contributed by atoms with Gasteiger partial charge in [0.15, 0.2) is 0 Å². The lowest BCUT2D eigenvalue weighted by Crippen LogP contribution is -2.48. The molecule has 0 aromatic heterocycles. The Morgan fingerprint density at radius 2 is 1.63 bits per heavy atom. The normalized spacial score (nSPS) is 14.2. The van der Waals surface area contributed by atoms with Gasteiger partial charge >= 0.3 is 6.36 Å². The van der Waals surface area contributed by atoms with Crippen molar-refractivity contribution in [1.82, 2.24) is 4.90 Å². The molecule has 0 aliphatic carbocycles. The molecule has 9 heteroatoms. The molecule has 1 saturated heterocycles. The molecule has 1 heterocycles. The predicted molar refractivity (Wildman–Crippen MR) is 107 cm³/mol. The van der Waals surface area contributed by atoms with Crippen LogP contribution in [0.5, 0.6) is 5.75 Å². The zero-order valence-corrected chi connectivity index (χ0v) is 16.0. The molecule has 30 heavy (non-hydrogen) atoms. The summed E-state index contributed by atoms with van der Waals surface area (Å²) in [7, 11) is 0. The molecular weight excluding hydrogens is 399 g/mol. The van der Waals surface area contributed by atoms with E-state index >= 15 is 0 Å². The highest BCUT2D eigenvalue weighted by Crippen LogP contribution is 2.27. The fraction of sp³-hybridized carbons (Fsp3) is 0.238. The highest BCUT2D eigenvalue weighted by molar-refractivity contribution is 6.06. The first kappa shape index (κ1) is 21.2. The molecule has 0 spiro atoms. The van der Waals surface area contributed by atoms with E-state index in [2.05, 4.69) is 21.5 Å². The molecule has 2 aromatic carbocycles. The van der Waals surface area contributed by atoms with Gasteiger partial charge in [0.2, 0.25) is 5.91 Å². The van der Waals surface area contributed by atoms with Crippen molar-refractivity contribution in [1.29, 1.82) is 0 Å². The lowest BCUT2D eigenvalue weighted by Gasteiger charge is -2.35. The van der Waals surface area contributed by atoms with E-state index in [0.717, 1.165) is 11.8 Å². The number of anilines is 2. The van der Waals surface area contributed by atoms with Crippen LogP contribution in [0.2, 0.25) is 0 Å². The molecule has 0 saturated carbocycles. The number of halogens is 3. The van der Waals surface area contributed by atoms with Crippen LogP contribution in [0.3, 0.4) is 0 Å². The molecule has 1 fully saturated rings. The summed E-state index contributed by atoms with van der Waals surface area (Å²) in [5.41, 5.74) is 1.13. The van der Waals surface area contributed by atoms with Crippen LogP contribution in [0.25, 0.3) is 0 Å². The van der Waals surface area contributed by atoms with Gasteiger partial charge in [0.05, 0.1) is 5.56 Å². The van der Waals surface area contributed by atoms with Gasteiger partial charge in [-0.3, -0.25) is 9.59 Å². The number of rotatable bonds is 5. The SMILES string of the molecule is C=CC(=O)N1CCN(c2ccc(NC(=O)c3ccccc3OC(F)(F)F)cc2)CC1. The Kier molecular flexibility index (Phi) is 6.29. The summed E-state index contributed by atoms with van der Waals surface area (Å²) in [6.45, 7) is 5.97. The third-order valence-corrected chi connectivity index (χ3v) is 4.61. The molecular formula is C21H20F3N3O3. The fourth-order valence-electron chi connectivity index (χ4n) is 3.14. The van der Waals surface area contributed by atoms with Crippen molar-refractivity contribution in [2.45, 2.75) is 6.36 Å². The number of alkyl halides is 3. The van der Waals surface area contributed by atoms with Gasteiger partial charge in [-0.1, -0.05) is 18.7 Å². The Bertz CT molecular complexity index is 921. The maximum atomic E-state index is 12.5. The van der Waals surface area contributed by atoms with Crippen molar-refractivity contribution >= 4 is 23.2 Å². The van der Waals surface area contributed by atoms with Gasteiger partial charge < -0.3 is 19.9 Å². The van der Waals surface area contributed by atoms with Crippen molar-refractivity contribution in [2.24, 2.45) is 0 Å². The predicted octanol–water partition coefficient (Wildman–Crippen LogP) is 3.67. The average molecular weight is 419 g/mol. The summed E-state index contributed by atoms with van der Waals surface area (Å²) in [6, 6.07) is 12.1. The molecule has 1 aliphatic heterocycles. The Morgan fingerprint density at radius 3 is 2.23 bits per heavy atom. The average Bonchev–Trinajstić information content (AvgIpc) is 2.73. The van der Waals surface area contributed by atoms with E-state index in [4.69, 9.17) is 0 Å². The number of piperazine rings is 1. The van der Waals surface area contributed by atoms with Crippen LogP contribution in [0.4, 0.5) is 24.5 Å². The Balaban J connectivity index is 1.63. The summed E-state index contributed by atoms with van der Waals surface area (Å²) < 4.78 is 41.5. The molecule has 0 bridgehead atoms. The second-order valence-corrected chi connectivity index (χ2v) is 6.56. The topological polar surface area (TPSA) is 61.9 Å². The van der Waals surface area contributed by atoms with E-state index in [1.54, 1.807) is 29.2 Å². The number of carbonyl (C=O) groups is 2. The van der Waals surface area contributed by atoms with Gasteiger partial charge in [0.25, 0.3) is 5.91 Å².